The number of ether oxygens (including phenoxy) is 2. The highest BCUT2D eigenvalue weighted by atomic mass is 35.5. The number of halogens is 1. The Labute approximate surface area is 138 Å². The number of morpholine rings is 1. The molecule has 1 amide bonds. The molecule has 3 rings (SSSR count). The zero-order valence-electron chi connectivity index (χ0n) is 12.5. The Morgan fingerprint density at radius 3 is 3.00 bits per heavy atom. The van der Waals surface area contributed by atoms with Crippen molar-refractivity contribution in [1.82, 2.24) is 4.90 Å². The summed E-state index contributed by atoms with van der Waals surface area (Å²) in [5, 5.41) is 9.48. The van der Waals surface area contributed by atoms with Gasteiger partial charge in [0.2, 0.25) is 5.91 Å². The number of carboxylic acid groups (broad SMARTS) is 1. The molecule has 0 bridgehead atoms. The molecular formula is C16H18ClNO5. The minimum absolute atomic E-state index is 0.0192. The Bertz CT molecular complexity index is 620. The minimum Gasteiger partial charge on any atom is -0.492 e. The van der Waals surface area contributed by atoms with Gasteiger partial charge in [0, 0.05) is 18.1 Å². The maximum atomic E-state index is 12.7. The first-order valence-corrected chi connectivity index (χ1v) is 7.94. The quantitative estimate of drug-likeness (QED) is 0.905. The van der Waals surface area contributed by atoms with Crippen molar-refractivity contribution in [2.75, 3.05) is 26.3 Å². The molecule has 0 aromatic heterocycles. The summed E-state index contributed by atoms with van der Waals surface area (Å²) in [6.07, 6.45) is 0.0374. The number of carboxylic acids is 1. The molecule has 0 saturated carbocycles. The lowest BCUT2D eigenvalue weighted by molar-refractivity contribution is -0.150. The SMILES string of the molecule is O=C(O)C[C@@H]1CN(C(=O)[C@@H]2COc3ccc(Cl)cc3C2)CCO1. The summed E-state index contributed by atoms with van der Waals surface area (Å²) < 4.78 is 11.1. The van der Waals surface area contributed by atoms with Crippen molar-refractivity contribution in [2.45, 2.75) is 18.9 Å². The van der Waals surface area contributed by atoms with Crippen LogP contribution in [0.4, 0.5) is 0 Å². The molecule has 0 aliphatic carbocycles. The van der Waals surface area contributed by atoms with E-state index in [1.54, 1.807) is 11.0 Å². The molecular weight excluding hydrogens is 322 g/mol. The third kappa shape index (κ3) is 3.76. The lowest BCUT2D eigenvalue weighted by Crippen LogP contribution is -2.50. The molecule has 2 aliphatic rings. The van der Waals surface area contributed by atoms with Gasteiger partial charge in [-0.2, -0.15) is 0 Å². The zero-order valence-corrected chi connectivity index (χ0v) is 13.3. The van der Waals surface area contributed by atoms with E-state index in [1.165, 1.54) is 0 Å². The van der Waals surface area contributed by atoms with Crippen molar-refractivity contribution in [3.8, 4) is 5.75 Å². The van der Waals surface area contributed by atoms with Crippen LogP contribution in [0.25, 0.3) is 0 Å². The van der Waals surface area contributed by atoms with Crippen LogP contribution >= 0.6 is 11.6 Å². The molecule has 124 valence electrons. The first-order chi connectivity index (χ1) is 11.0. The summed E-state index contributed by atoms with van der Waals surface area (Å²) in [6.45, 7) is 1.48. The number of nitrogens with zero attached hydrogens (tertiary/aromatic N) is 1. The van der Waals surface area contributed by atoms with Gasteiger partial charge in [-0.05, 0) is 30.2 Å². The monoisotopic (exact) mass is 339 g/mol. The molecule has 6 nitrogen and oxygen atoms in total. The van der Waals surface area contributed by atoms with Gasteiger partial charge in [-0.15, -0.1) is 0 Å². The Morgan fingerprint density at radius 2 is 2.22 bits per heavy atom. The molecule has 7 heteroatoms. The number of benzene rings is 1. The van der Waals surface area contributed by atoms with Crippen LogP contribution in [-0.4, -0.2) is 54.3 Å². The number of carbonyl (C=O) groups is 2. The summed E-state index contributed by atoms with van der Waals surface area (Å²) in [4.78, 5) is 25.2. The average molecular weight is 340 g/mol. The van der Waals surface area contributed by atoms with Crippen LogP contribution < -0.4 is 4.74 Å². The van der Waals surface area contributed by atoms with E-state index in [4.69, 9.17) is 26.2 Å². The van der Waals surface area contributed by atoms with Gasteiger partial charge >= 0.3 is 5.97 Å². The van der Waals surface area contributed by atoms with Gasteiger partial charge in [-0.1, -0.05) is 11.6 Å². The van der Waals surface area contributed by atoms with Gasteiger partial charge in [0.1, 0.15) is 12.4 Å². The third-order valence-corrected chi connectivity index (χ3v) is 4.37. The zero-order chi connectivity index (χ0) is 16.4. The van der Waals surface area contributed by atoms with Crippen molar-refractivity contribution < 1.29 is 24.2 Å². The number of hydrogen-bond acceptors (Lipinski definition) is 4. The number of fused-ring (bicyclic) bond motifs is 1. The van der Waals surface area contributed by atoms with Crippen LogP contribution in [0.2, 0.25) is 5.02 Å². The van der Waals surface area contributed by atoms with Crippen molar-refractivity contribution in [3.05, 3.63) is 28.8 Å². The van der Waals surface area contributed by atoms with E-state index in [0.717, 1.165) is 11.3 Å². The largest absolute Gasteiger partial charge is 0.492 e. The maximum absolute atomic E-state index is 12.7. The topological polar surface area (TPSA) is 76.1 Å². The Balaban J connectivity index is 1.65. The van der Waals surface area contributed by atoms with E-state index >= 15 is 0 Å². The molecule has 1 fully saturated rings. The maximum Gasteiger partial charge on any atom is 0.306 e. The standard InChI is InChI=1S/C16H18ClNO5/c17-12-1-2-14-10(6-12)5-11(9-23-14)16(21)18-3-4-22-13(8-18)7-15(19)20/h1-2,6,11,13H,3-5,7-9H2,(H,19,20)/t11-,13+/m0/s1. The van der Waals surface area contributed by atoms with Crippen LogP contribution in [0.15, 0.2) is 18.2 Å². The second kappa shape index (κ2) is 6.76. The molecule has 1 N–H and O–H groups in total. The predicted octanol–water partition coefficient (Wildman–Crippen LogP) is 1.59. The number of aliphatic carboxylic acids is 1. The Hall–Kier alpha value is -1.79. The highest BCUT2D eigenvalue weighted by Gasteiger charge is 2.33. The lowest BCUT2D eigenvalue weighted by atomic mass is 9.95. The Morgan fingerprint density at radius 1 is 1.39 bits per heavy atom. The fourth-order valence-electron chi connectivity index (χ4n) is 3.02. The number of hydrogen-bond donors (Lipinski definition) is 1. The van der Waals surface area contributed by atoms with E-state index in [2.05, 4.69) is 0 Å². The van der Waals surface area contributed by atoms with Crippen LogP contribution in [0.3, 0.4) is 0 Å². The van der Waals surface area contributed by atoms with Crippen molar-refractivity contribution in [1.29, 1.82) is 0 Å². The van der Waals surface area contributed by atoms with E-state index in [0.29, 0.717) is 37.7 Å². The van der Waals surface area contributed by atoms with Crippen LogP contribution in [0.5, 0.6) is 5.75 Å². The fraction of sp³-hybridized carbons (Fsp3) is 0.500. The molecule has 1 aromatic rings. The Kier molecular flexibility index (Phi) is 4.73. The molecule has 1 saturated heterocycles. The first kappa shape index (κ1) is 16.1. The normalized spacial score (nSPS) is 23.8. The molecule has 1 aromatic carbocycles. The highest BCUT2D eigenvalue weighted by molar-refractivity contribution is 6.30. The number of rotatable bonds is 3. The predicted molar refractivity (Wildman–Crippen MR) is 82.7 cm³/mol. The second-order valence-electron chi connectivity index (χ2n) is 5.84. The van der Waals surface area contributed by atoms with E-state index in [-0.39, 0.29) is 18.2 Å². The lowest BCUT2D eigenvalue weighted by Gasteiger charge is -2.35. The van der Waals surface area contributed by atoms with Crippen molar-refractivity contribution in [3.63, 3.8) is 0 Å². The summed E-state index contributed by atoms with van der Waals surface area (Å²) in [5.74, 6) is -0.447. The third-order valence-electron chi connectivity index (χ3n) is 4.13. The van der Waals surface area contributed by atoms with Crippen LogP contribution in [-0.2, 0) is 20.7 Å². The minimum atomic E-state index is -0.922. The fourth-order valence-corrected chi connectivity index (χ4v) is 3.21. The number of amides is 1. The van der Waals surface area contributed by atoms with Gasteiger partial charge in [-0.25, -0.2) is 0 Å². The summed E-state index contributed by atoms with van der Waals surface area (Å²) >= 11 is 6.00. The molecule has 23 heavy (non-hydrogen) atoms. The molecule has 0 radical (unpaired) electrons. The van der Waals surface area contributed by atoms with Gasteiger partial charge < -0.3 is 19.5 Å². The smallest absolute Gasteiger partial charge is 0.306 e. The van der Waals surface area contributed by atoms with E-state index < -0.39 is 12.1 Å². The van der Waals surface area contributed by atoms with Gasteiger partial charge in [0.25, 0.3) is 0 Å². The molecule has 0 spiro atoms. The van der Waals surface area contributed by atoms with Crippen LogP contribution in [0, 0.1) is 5.92 Å². The second-order valence-corrected chi connectivity index (χ2v) is 6.28. The van der Waals surface area contributed by atoms with Crippen LogP contribution in [0.1, 0.15) is 12.0 Å². The van der Waals surface area contributed by atoms with E-state index in [1.807, 2.05) is 12.1 Å². The highest BCUT2D eigenvalue weighted by Crippen LogP contribution is 2.30. The van der Waals surface area contributed by atoms with Gasteiger partial charge in [-0.3, -0.25) is 9.59 Å². The van der Waals surface area contributed by atoms with Gasteiger partial charge in [0.05, 0.1) is 25.0 Å². The number of carbonyl (C=O) groups excluding carboxylic acids is 1. The molecule has 2 aliphatic heterocycles. The molecule has 2 atom stereocenters. The van der Waals surface area contributed by atoms with Crippen molar-refractivity contribution in [2.24, 2.45) is 5.92 Å². The molecule has 2 heterocycles. The molecule has 0 unspecified atom stereocenters. The summed E-state index contributed by atoms with van der Waals surface area (Å²) in [6, 6.07) is 5.40. The summed E-state index contributed by atoms with van der Waals surface area (Å²) in [7, 11) is 0. The van der Waals surface area contributed by atoms with Crippen molar-refractivity contribution >= 4 is 23.5 Å². The summed E-state index contributed by atoms with van der Waals surface area (Å²) in [5.41, 5.74) is 0.928. The first-order valence-electron chi connectivity index (χ1n) is 7.56. The average Bonchev–Trinajstić information content (AvgIpc) is 2.53. The van der Waals surface area contributed by atoms with Gasteiger partial charge in [0.15, 0.2) is 0 Å². The van der Waals surface area contributed by atoms with E-state index in [9.17, 15) is 9.59 Å².